The van der Waals surface area contributed by atoms with Gasteiger partial charge < -0.3 is 9.72 Å². The molecule has 0 unspecified atom stereocenters. The van der Waals surface area contributed by atoms with Gasteiger partial charge in [0.05, 0.1) is 27.6 Å². The van der Waals surface area contributed by atoms with Gasteiger partial charge in [-0.3, -0.25) is 19.3 Å². The number of fused-ring (bicyclic) bond motifs is 2. The summed E-state index contributed by atoms with van der Waals surface area (Å²) in [6.45, 7) is 3.92. The largest absolute Gasteiger partial charge is 0.451 e. The van der Waals surface area contributed by atoms with Gasteiger partial charge >= 0.3 is 5.97 Å². The summed E-state index contributed by atoms with van der Waals surface area (Å²) in [5, 5.41) is 0.444. The number of imide groups is 1. The molecule has 1 aliphatic rings. The molecule has 0 aliphatic carbocycles. The molecule has 1 aliphatic heterocycles. The number of amides is 2. The van der Waals surface area contributed by atoms with Crippen molar-refractivity contribution in [1.29, 1.82) is 0 Å². The molecule has 0 radical (unpaired) electrons. The predicted molar refractivity (Wildman–Crippen MR) is 113 cm³/mol. The molecule has 0 spiro atoms. The molecule has 158 valence electrons. The number of rotatable bonds is 6. The van der Waals surface area contributed by atoms with E-state index < -0.39 is 18.0 Å². The molecular formula is C23H21N3O5. The number of carbonyl (C=O) groups is 3. The van der Waals surface area contributed by atoms with Crippen molar-refractivity contribution < 1.29 is 19.1 Å². The van der Waals surface area contributed by atoms with Gasteiger partial charge in [-0.1, -0.05) is 25.5 Å². The number of hydrogen-bond donors (Lipinski definition) is 1. The summed E-state index contributed by atoms with van der Waals surface area (Å²) in [5.74, 6) is -1.22. The molecule has 0 fully saturated rings. The Labute approximate surface area is 177 Å². The number of ether oxygens (including phenoxy) is 1. The topological polar surface area (TPSA) is 109 Å². The number of aromatic nitrogens is 2. The monoisotopic (exact) mass is 419 g/mol. The van der Waals surface area contributed by atoms with Crippen LogP contribution in [0.3, 0.4) is 0 Å². The molecule has 8 heteroatoms. The fourth-order valence-electron chi connectivity index (χ4n) is 3.52. The normalized spacial score (nSPS) is 14.1. The zero-order chi connectivity index (χ0) is 22.1. The average Bonchev–Trinajstić information content (AvgIpc) is 3.01. The molecule has 2 heterocycles. The highest BCUT2D eigenvalue weighted by atomic mass is 16.5. The molecule has 1 aromatic heterocycles. The summed E-state index contributed by atoms with van der Waals surface area (Å²) >= 11 is 0. The number of para-hydroxylation sites is 1. The Morgan fingerprint density at radius 2 is 1.84 bits per heavy atom. The standard InChI is InChI=1S/C23H21N3O5/c1-3-4-11-26-21(28)15-10-9-14(12-17(15)22(26)29)23(30)31-13(2)19-24-18-8-6-5-7-16(18)20(27)25-19/h5-10,12-13H,3-4,11H2,1-2H3,(H,24,25,27)/t13-/m1/s1. The summed E-state index contributed by atoms with van der Waals surface area (Å²) in [6.07, 6.45) is 0.749. The third-order valence-corrected chi connectivity index (χ3v) is 5.24. The first kappa shape index (κ1) is 20.5. The number of unbranched alkanes of at least 4 members (excludes halogenated alkanes) is 1. The minimum atomic E-state index is -0.823. The molecule has 1 atom stereocenters. The van der Waals surface area contributed by atoms with Crippen LogP contribution in [0.5, 0.6) is 0 Å². The number of aromatic amines is 1. The molecule has 0 saturated carbocycles. The molecule has 1 N–H and O–H groups in total. The third kappa shape index (κ3) is 3.72. The first-order chi connectivity index (χ1) is 14.9. The van der Waals surface area contributed by atoms with Gasteiger partial charge in [0.1, 0.15) is 0 Å². The fraction of sp³-hybridized carbons (Fsp3) is 0.261. The lowest BCUT2D eigenvalue weighted by Crippen LogP contribution is -2.30. The molecule has 2 amide bonds. The van der Waals surface area contributed by atoms with E-state index in [1.165, 1.54) is 23.1 Å². The number of benzene rings is 2. The average molecular weight is 419 g/mol. The van der Waals surface area contributed by atoms with Gasteiger partial charge in [-0.25, -0.2) is 9.78 Å². The van der Waals surface area contributed by atoms with Crippen LogP contribution in [0.25, 0.3) is 10.9 Å². The van der Waals surface area contributed by atoms with E-state index >= 15 is 0 Å². The van der Waals surface area contributed by atoms with Crippen molar-refractivity contribution in [3.8, 4) is 0 Å². The molecule has 8 nitrogen and oxygen atoms in total. The van der Waals surface area contributed by atoms with E-state index in [1.807, 2.05) is 6.92 Å². The zero-order valence-electron chi connectivity index (χ0n) is 17.2. The quantitative estimate of drug-likeness (QED) is 0.485. The van der Waals surface area contributed by atoms with Crippen molar-refractivity contribution in [3.63, 3.8) is 0 Å². The Bertz CT molecular complexity index is 1260. The van der Waals surface area contributed by atoms with Crippen molar-refractivity contribution in [1.82, 2.24) is 14.9 Å². The summed E-state index contributed by atoms with van der Waals surface area (Å²) < 4.78 is 5.46. The van der Waals surface area contributed by atoms with Crippen LogP contribution in [0.15, 0.2) is 47.3 Å². The van der Waals surface area contributed by atoms with Crippen molar-refractivity contribution in [3.05, 3.63) is 75.3 Å². The highest BCUT2D eigenvalue weighted by Gasteiger charge is 2.35. The number of nitrogens with one attached hydrogen (secondary N) is 1. The molecule has 3 aromatic rings. The lowest BCUT2D eigenvalue weighted by molar-refractivity contribution is 0.0319. The molecule has 2 aromatic carbocycles. The number of esters is 1. The number of H-pyrrole nitrogens is 1. The Morgan fingerprint density at radius 1 is 1.10 bits per heavy atom. The maximum atomic E-state index is 12.7. The molecular weight excluding hydrogens is 398 g/mol. The van der Waals surface area contributed by atoms with Crippen LogP contribution in [0, 0.1) is 0 Å². The van der Waals surface area contributed by atoms with Crippen LogP contribution in [0.1, 0.15) is 69.7 Å². The number of nitrogens with zero attached hydrogens (tertiary/aromatic N) is 2. The van der Waals surface area contributed by atoms with Gasteiger partial charge in [0.15, 0.2) is 11.9 Å². The second-order valence-corrected chi connectivity index (χ2v) is 7.39. The predicted octanol–water partition coefficient (Wildman–Crippen LogP) is 3.24. The second kappa shape index (κ2) is 8.14. The first-order valence-corrected chi connectivity index (χ1v) is 10.1. The molecule has 4 rings (SSSR count). The lowest BCUT2D eigenvalue weighted by Gasteiger charge is -2.13. The number of hydrogen-bond acceptors (Lipinski definition) is 6. The van der Waals surface area contributed by atoms with Crippen LogP contribution in [-0.4, -0.2) is 39.2 Å². The van der Waals surface area contributed by atoms with E-state index in [0.29, 0.717) is 17.4 Å². The van der Waals surface area contributed by atoms with Crippen LogP contribution < -0.4 is 5.56 Å². The van der Waals surface area contributed by atoms with E-state index in [4.69, 9.17) is 4.74 Å². The summed E-state index contributed by atoms with van der Waals surface area (Å²) in [6, 6.07) is 11.2. The van der Waals surface area contributed by atoms with E-state index in [-0.39, 0.29) is 34.0 Å². The van der Waals surface area contributed by atoms with E-state index in [9.17, 15) is 19.2 Å². The smallest absolute Gasteiger partial charge is 0.338 e. The Morgan fingerprint density at radius 3 is 2.61 bits per heavy atom. The van der Waals surface area contributed by atoms with Gasteiger partial charge in [-0.2, -0.15) is 0 Å². The third-order valence-electron chi connectivity index (χ3n) is 5.24. The van der Waals surface area contributed by atoms with Gasteiger partial charge in [-0.15, -0.1) is 0 Å². The first-order valence-electron chi connectivity index (χ1n) is 10.1. The van der Waals surface area contributed by atoms with E-state index in [2.05, 4.69) is 9.97 Å². The zero-order valence-corrected chi connectivity index (χ0v) is 17.2. The Kier molecular flexibility index (Phi) is 5.37. The van der Waals surface area contributed by atoms with Crippen molar-refractivity contribution in [2.45, 2.75) is 32.8 Å². The minimum absolute atomic E-state index is 0.146. The highest BCUT2D eigenvalue weighted by Crippen LogP contribution is 2.25. The maximum Gasteiger partial charge on any atom is 0.338 e. The van der Waals surface area contributed by atoms with E-state index in [1.54, 1.807) is 31.2 Å². The van der Waals surface area contributed by atoms with Crippen LogP contribution in [0.2, 0.25) is 0 Å². The number of carbonyl (C=O) groups excluding carboxylic acids is 3. The van der Waals surface area contributed by atoms with Crippen molar-refractivity contribution in [2.24, 2.45) is 0 Å². The second-order valence-electron chi connectivity index (χ2n) is 7.39. The van der Waals surface area contributed by atoms with Crippen LogP contribution >= 0.6 is 0 Å². The SMILES string of the molecule is CCCCN1C(=O)c2ccc(C(=O)O[C@H](C)c3nc4ccccc4c(=O)[nH]3)cc2C1=O. The minimum Gasteiger partial charge on any atom is -0.451 e. The Hall–Kier alpha value is -3.81. The fourth-order valence-corrected chi connectivity index (χ4v) is 3.52. The summed E-state index contributed by atoms with van der Waals surface area (Å²) in [4.78, 5) is 58.2. The van der Waals surface area contributed by atoms with Crippen molar-refractivity contribution in [2.75, 3.05) is 6.54 Å². The van der Waals surface area contributed by atoms with Crippen molar-refractivity contribution >= 4 is 28.7 Å². The summed E-state index contributed by atoms with van der Waals surface area (Å²) in [7, 11) is 0. The van der Waals surface area contributed by atoms with Gasteiger partial charge in [0, 0.05) is 6.54 Å². The van der Waals surface area contributed by atoms with Crippen LogP contribution in [0.4, 0.5) is 0 Å². The van der Waals surface area contributed by atoms with Gasteiger partial charge in [0.25, 0.3) is 17.4 Å². The Balaban J connectivity index is 1.55. The molecule has 0 saturated heterocycles. The molecule has 0 bridgehead atoms. The lowest BCUT2D eigenvalue weighted by atomic mass is 10.1. The van der Waals surface area contributed by atoms with Crippen LogP contribution in [-0.2, 0) is 4.74 Å². The summed E-state index contributed by atoms with van der Waals surface area (Å²) in [5.41, 5.74) is 0.800. The van der Waals surface area contributed by atoms with E-state index in [0.717, 1.165) is 12.8 Å². The highest BCUT2D eigenvalue weighted by molar-refractivity contribution is 6.21. The van der Waals surface area contributed by atoms with Gasteiger partial charge in [0.2, 0.25) is 0 Å². The van der Waals surface area contributed by atoms with Gasteiger partial charge in [-0.05, 0) is 43.7 Å². The molecule has 31 heavy (non-hydrogen) atoms. The maximum absolute atomic E-state index is 12.7.